The van der Waals surface area contributed by atoms with Crippen LogP contribution in [0.2, 0.25) is 0 Å². The molecule has 0 aliphatic carbocycles. The molecule has 13 heteroatoms. The Hall–Kier alpha value is -2.30. The van der Waals surface area contributed by atoms with Crippen LogP contribution in [0.1, 0.15) is 19.4 Å². The quantitative estimate of drug-likeness (QED) is 0.102. The van der Waals surface area contributed by atoms with Crippen LogP contribution in [0, 0.1) is 36.2 Å². The van der Waals surface area contributed by atoms with Crippen molar-refractivity contribution in [2.75, 3.05) is 18.2 Å². The standard InChI is InChI=1S/C21H13F5I2N2O4/c1-3-33-13(31)7-34-20-9(4-10(27)6-12(20)28)5-11-8(2)29-30(21(11)32)19-17(25)15(23)14(22)16(24)18(19)26/h4-6H,3,7H2,1-2H3/b11-5-. The number of carbonyl (C=O) groups is 2. The number of carbonyl (C=O) groups excluding carboxylic acids is 2. The zero-order chi connectivity index (χ0) is 25.3. The molecule has 180 valence electrons. The Morgan fingerprint density at radius 2 is 1.65 bits per heavy atom. The van der Waals surface area contributed by atoms with Crippen LogP contribution in [0.15, 0.2) is 22.8 Å². The summed E-state index contributed by atoms with van der Waals surface area (Å²) in [7, 11) is 0. The summed E-state index contributed by atoms with van der Waals surface area (Å²) in [6, 6.07) is 3.35. The molecule has 0 N–H and O–H groups in total. The van der Waals surface area contributed by atoms with Gasteiger partial charge in [0.15, 0.2) is 29.9 Å². The molecule has 3 rings (SSSR count). The van der Waals surface area contributed by atoms with Gasteiger partial charge < -0.3 is 9.47 Å². The van der Waals surface area contributed by atoms with E-state index in [4.69, 9.17) is 9.47 Å². The van der Waals surface area contributed by atoms with Gasteiger partial charge in [-0.25, -0.2) is 26.7 Å². The molecule has 0 unspecified atom stereocenters. The number of esters is 1. The SMILES string of the molecule is CCOC(=O)COc1c(I)cc(I)cc1/C=C1\C(=O)N(c2c(F)c(F)c(F)c(F)c2F)N=C1C. The van der Waals surface area contributed by atoms with Crippen LogP contribution in [0.3, 0.4) is 0 Å². The number of hydrogen-bond acceptors (Lipinski definition) is 5. The zero-order valence-electron chi connectivity index (χ0n) is 17.3. The minimum Gasteiger partial charge on any atom is -0.480 e. The number of halogens is 7. The molecule has 6 nitrogen and oxygen atoms in total. The molecule has 0 radical (unpaired) electrons. The fraction of sp³-hybridized carbons (Fsp3) is 0.190. The highest BCUT2D eigenvalue weighted by Crippen LogP contribution is 2.35. The lowest BCUT2D eigenvalue weighted by atomic mass is 10.1. The fourth-order valence-corrected chi connectivity index (χ4v) is 4.99. The number of amides is 1. The highest BCUT2D eigenvalue weighted by atomic mass is 127. The summed E-state index contributed by atoms with van der Waals surface area (Å²) in [5, 5.41) is 3.82. The van der Waals surface area contributed by atoms with Crippen LogP contribution >= 0.6 is 45.2 Å². The van der Waals surface area contributed by atoms with E-state index in [1.165, 1.54) is 13.0 Å². The van der Waals surface area contributed by atoms with E-state index in [0.717, 1.165) is 3.57 Å². The molecule has 1 aliphatic heterocycles. The van der Waals surface area contributed by atoms with Crippen LogP contribution in [0.5, 0.6) is 5.75 Å². The maximum atomic E-state index is 14.2. The van der Waals surface area contributed by atoms with Gasteiger partial charge in [0.25, 0.3) is 5.91 Å². The maximum absolute atomic E-state index is 14.2. The predicted molar refractivity (Wildman–Crippen MR) is 129 cm³/mol. The molecular weight excluding hydrogens is 693 g/mol. The first-order chi connectivity index (χ1) is 16.0. The molecule has 1 amide bonds. The van der Waals surface area contributed by atoms with Gasteiger partial charge >= 0.3 is 5.97 Å². The van der Waals surface area contributed by atoms with Gasteiger partial charge in [0.05, 0.1) is 21.5 Å². The number of hydrazone groups is 1. The molecule has 0 aromatic heterocycles. The Morgan fingerprint density at radius 3 is 2.24 bits per heavy atom. The normalized spacial score (nSPS) is 14.6. The number of ether oxygens (including phenoxy) is 2. The summed E-state index contributed by atoms with van der Waals surface area (Å²) in [5.74, 6) is -12.7. The topological polar surface area (TPSA) is 68.2 Å². The van der Waals surface area contributed by atoms with Crippen molar-refractivity contribution in [3.63, 3.8) is 0 Å². The second-order valence-corrected chi connectivity index (χ2v) is 9.09. The molecule has 1 aliphatic rings. The number of benzene rings is 2. The third-order valence-corrected chi connectivity index (χ3v) is 5.86. The van der Waals surface area contributed by atoms with Gasteiger partial charge in [-0.05, 0) is 77.2 Å². The third-order valence-electron chi connectivity index (χ3n) is 4.44. The van der Waals surface area contributed by atoms with E-state index in [-0.39, 0.29) is 28.7 Å². The Labute approximate surface area is 217 Å². The largest absolute Gasteiger partial charge is 0.480 e. The Balaban J connectivity index is 2.05. The van der Waals surface area contributed by atoms with E-state index >= 15 is 0 Å². The second kappa shape index (κ2) is 10.5. The molecular formula is C21H13F5I2N2O4. The third kappa shape index (κ3) is 5.04. The van der Waals surface area contributed by atoms with Crippen molar-refractivity contribution in [3.05, 3.63) is 59.5 Å². The van der Waals surface area contributed by atoms with Crippen molar-refractivity contribution >= 4 is 74.5 Å². The zero-order valence-corrected chi connectivity index (χ0v) is 21.6. The summed E-state index contributed by atoms with van der Waals surface area (Å²) in [6.45, 7) is 2.69. The molecule has 0 saturated carbocycles. The van der Waals surface area contributed by atoms with E-state index in [1.54, 1.807) is 19.1 Å². The van der Waals surface area contributed by atoms with Crippen molar-refractivity contribution in [3.8, 4) is 5.75 Å². The molecule has 0 saturated heterocycles. The van der Waals surface area contributed by atoms with Crippen molar-refractivity contribution in [1.82, 2.24) is 0 Å². The first-order valence-corrected chi connectivity index (χ1v) is 11.5. The first-order valence-electron chi connectivity index (χ1n) is 9.38. The fourth-order valence-electron chi connectivity index (χ4n) is 2.94. The Bertz CT molecular complexity index is 1240. The van der Waals surface area contributed by atoms with Gasteiger partial charge in [0.1, 0.15) is 11.4 Å². The van der Waals surface area contributed by atoms with Gasteiger partial charge in [0, 0.05) is 9.13 Å². The number of rotatable bonds is 6. The van der Waals surface area contributed by atoms with Gasteiger partial charge in [-0.3, -0.25) is 4.79 Å². The molecule has 2 aromatic rings. The predicted octanol–water partition coefficient (Wildman–Crippen LogP) is 5.34. The van der Waals surface area contributed by atoms with E-state index in [1.807, 2.05) is 45.2 Å². The van der Waals surface area contributed by atoms with Crippen molar-refractivity contribution in [1.29, 1.82) is 0 Å². The molecule has 2 aromatic carbocycles. The minimum absolute atomic E-state index is 0.0425. The monoisotopic (exact) mass is 706 g/mol. The summed E-state index contributed by atoms with van der Waals surface area (Å²) in [5.41, 5.74) is -1.39. The summed E-state index contributed by atoms with van der Waals surface area (Å²) < 4.78 is 80.9. The number of hydrogen-bond donors (Lipinski definition) is 0. The Morgan fingerprint density at radius 1 is 1.06 bits per heavy atom. The second-order valence-electron chi connectivity index (χ2n) is 6.68. The molecule has 0 spiro atoms. The lowest BCUT2D eigenvalue weighted by molar-refractivity contribution is -0.145. The van der Waals surface area contributed by atoms with Gasteiger partial charge in [-0.1, -0.05) is 0 Å². The molecule has 0 atom stereocenters. The minimum atomic E-state index is -2.35. The summed E-state index contributed by atoms with van der Waals surface area (Å²) in [4.78, 5) is 24.6. The van der Waals surface area contributed by atoms with Crippen LogP contribution in [0.4, 0.5) is 27.6 Å². The smallest absolute Gasteiger partial charge is 0.344 e. The lowest BCUT2D eigenvalue weighted by Gasteiger charge is -2.15. The maximum Gasteiger partial charge on any atom is 0.344 e. The highest BCUT2D eigenvalue weighted by molar-refractivity contribution is 14.1. The van der Waals surface area contributed by atoms with E-state index < -0.39 is 53.3 Å². The van der Waals surface area contributed by atoms with E-state index in [9.17, 15) is 31.5 Å². The lowest BCUT2D eigenvalue weighted by Crippen LogP contribution is -2.25. The van der Waals surface area contributed by atoms with Crippen LogP contribution in [-0.4, -0.2) is 30.8 Å². The van der Waals surface area contributed by atoms with Crippen molar-refractivity contribution in [2.45, 2.75) is 13.8 Å². The molecule has 0 fully saturated rings. The summed E-state index contributed by atoms with van der Waals surface area (Å²) in [6.07, 6.45) is 1.29. The highest BCUT2D eigenvalue weighted by Gasteiger charge is 2.37. The first kappa shape index (κ1) is 26.3. The van der Waals surface area contributed by atoms with Crippen LogP contribution < -0.4 is 9.75 Å². The molecule has 34 heavy (non-hydrogen) atoms. The van der Waals surface area contributed by atoms with Gasteiger partial charge in [-0.2, -0.15) is 10.1 Å². The molecule has 1 heterocycles. The summed E-state index contributed by atoms with van der Waals surface area (Å²) >= 11 is 3.96. The van der Waals surface area contributed by atoms with E-state index in [0.29, 0.717) is 9.13 Å². The van der Waals surface area contributed by atoms with Crippen LogP contribution in [-0.2, 0) is 14.3 Å². The van der Waals surface area contributed by atoms with Gasteiger partial charge in [-0.15, -0.1) is 0 Å². The number of anilines is 1. The van der Waals surface area contributed by atoms with Crippen molar-refractivity contribution < 1.29 is 41.0 Å². The number of nitrogens with zero attached hydrogens (tertiary/aromatic N) is 2. The molecule has 0 bridgehead atoms. The van der Waals surface area contributed by atoms with Crippen molar-refractivity contribution in [2.24, 2.45) is 5.10 Å². The average molecular weight is 706 g/mol. The van der Waals surface area contributed by atoms with E-state index in [2.05, 4.69) is 5.10 Å². The van der Waals surface area contributed by atoms with Crippen LogP contribution in [0.25, 0.3) is 6.08 Å². The Kier molecular flexibility index (Phi) is 8.15. The average Bonchev–Trinajstić information content (AvgIpc) is 3.04. The van der Waals surface area contributed by atoms with Gasteiger partial charge in [0.2, 0.25) is 5.82 Å².